The fourth-order valence-corrected chi connectivity index (χ4v) is 3.70. The third kappa shape index (κ3) is 3.57. The molecule has 0 spiro atoms. The third-order valence-electron chi connectivity index (χ3n) is 5.03. The van der Waals surface area contributed by atoms with Crippen molar-refractivity contribution in [2.75, 3.05) is 16.8 Å². The first-order valence-electron chi connectivity index (χ1n) is 9.39. The largest absolute Gasteiger partial charge is 0.483 e. The van der Waals surface area contributed by atoms with E-state index < -0.39 is 0 Å². The average Bonchev–Trinajstić information content (AvgIpc) is 2.85. The van der Waals surface area contributed by atoms with Gasteiger partial charge in [-0.2, -0.15) is 0 Å². The normalized spacial score (nSPS) is 16.0. The average molecular weight is 388 g/mol. The summed E-state index contributed by atoms with van der Waals surface area (Å²) in [7, 11) is 0. The standard InChI is InChI=1S/C23H20N2O4/c1-15-12-22(27)24-19-8-4-5-9-20(19)25(15)23(28)14-29-21-11-10-16-6-2-3-7-17(16)18(21)13-26/h2-11,13,15H,12,14H2,1H3,(H,24,27)/t15-/m0/s1. The molecule has 1 atom stereocenters. The lowest BCUT2D eigenvalue weighted by atomic mass is 10.0. The van der Waals surface area contributed by atoms with Crippen molar-refractivity contribution in [3.63, 3.8) is 0 Å². The topological polar surface area (TPSA) is 75.7 Å². The second-order valence-corrected chi connectivity index (χ2v) is 6.99. The Labute approximate surface area is 168 Å². The van der Waals surface area contributed by atoms with Gasteiger partial charge in [0.2, 0.25) is 5.91 Å². The Morgan fingerprint density at radius 2 is 1.90 bits per heavy atom. The Morgan fingerprint density at radius 3 is 2.72 bits per heavy atom. The molecule has 0 saturated carbocycles. The summed E-state index contributed by atoms with van der Waals surface area (Å²) in [5.41, 5.74) is 1.64. The summed E-state index contributed by atoms with van der Waals surface area (Å²) in [6.45, 7) is 1.58. The highest BCUT2D eigenvalue weighted by atomic mass is 16.5. The molecule has 6 heteroatoms. The number of ether oxygens (including phenoxy) is 1. The number of para-hydroxylation sites is 2. The molecular formula is C23H20N2O4. The first-order chi connectivity index (χ1) is 14.1. The molecule has 0 saturated heterocycles. The van der Waals surface area contributed by atoms with Crippen molar-refractivity contribution in [3.05, 3.63) is 66.2 Å². The number of carbonyl (C=O) groups is 3. The van der Waals surface area contributed by atoms with Gasteiger partial charge in [0.05, 0.1) is 16.9 Å². The van der Waals surface area contributed by atoms with E-state index in [1.54, 1.807) is 29.2 Å². The van der Waals surface area contributed by atoms with Gasteiger partial charge in [0, 0.05) is 12.5 Å². The molecule has 0 unspecified atom stereocenters. The maximum Gasteiger partial charge on any atom is 0.265 e. The Balaban J connectivity index is 1.61. The number of fused-ring (bicyclic) bond motifs is 2. The molecule has 3 aromatic rings. The number of carbonyl (C=O) groups excluding carboxylic acids is 3. The van der Waals surface area contributed by atoms with Crippen LogP contribution < -0.4 is 15.0 Å². The summed E-state index contributed by atoms with van der Waals surface area (Å²) in [5, 5.41) is 4.53. The Morgan fingerprint density at radius 1 is 1.14 bits per heavy atom. The molecule has 1 aliphatic heterocycles. The highest BCUT2D eigenvalue weighted by molar-refractivity contribution is 6.05. The summed E-state index contributed by atoms with van der Waals surface area (Å²) >= 11 is 0. The van der Waals surface area contributed by atoms with Gasteiger partial charge in [0.15, 0.2) is 12.9 Å². The van der Waals surface area contributed by atoms with Crippen LogP contribution in [-0.2, 0) is 9.59 Å². The van der Waals surface area contributed by atoms with Crippen molar-refractivity contribution < 1.29 is 19.1 Å². The number of hydrogen-bond donors (Lipinski definition) is 1. The predicted octanol–water partition coefficient (Wildman–Crippen LogP) is 3.80. The summed E-state index contributed by atoms with van der Waals surface area (Å²) in [5.74, 6) is -0.0672. The zero-order chi connectivity index (χ0) is 20.4. The van der Waals surface area contributed by atoms with E-state index in [-0.39, 0.29) is 30.9 Å². The van der Waals surface area contributed by atoms with Crippen molar-refractivity contribution in [1.82, 2.24) is 0 Å². The van der Waals surface area contributed by atoms with Crippen LogP contribution in [-0.4, -0.2) is 30.7 Å². The van der Waals surface area contributed by atoms with Gasteiger partial charge in [-0.25, -0.2) is 0 Å². The van der Waals surface area contributed by atoms with Gasteiger partial charge in [0.25, 0.3) is 5.91 Å². The van der Waals surface area contributed by atoms with E-state index in [1.165, 1.54) is 0 Å². The fourth-order valence-electron chi connectivity index (χ4n) is 3.70. The number of hydrogen-bond acceptors (Lipinski definition) is 4. The molecule has 4 rings (SSSR count). The second-order valence-electron chi connectivity index (χ2n) is 6.99. The predicted molar refractivity (Wildman–Crippen MR) is 111 cm³/mol. The van der Waals surface area contributed by atoms with Crippen LogP contribution in [0.5, 0.6) is 5.75 Å². The van der Waals surface area contributed by atoms with Crippen LogP contribution in [0.3, 0.4) is 0 Å². The Hall–Kier alpha value is -3.67. The smallest absolute Gasteiger partial charge is 0.265 e. The van der Waals surface area contributed by atoms with Crippen LogP contribution in [0, 0.1) is 0 Å². The van der Waals surface area contributed by atoms with Gasteiger partial charge < -0.3 is 15.0 Å². The van der Waals surface area contributed by atoms with E-state index >= 15 is 0 Å². The van der Waals surface area contributed by atoms with Crippen molar-refractivity contribution in [2.45, 2.75) is 19.4 Å². The van der Waals surface area contributed by atoms with Crippen molar-refractivity contribution in [2.24, 2.45) is 0 Å². The Kier molecular flexibility index (Phi) is 4.99. The molecule has 1 N–H and O–H groups in total. The summed E-state index contributed by atoms with van der Waals surface area (Å²) < 4.78 is 5.75. The molecule has 0 aromatic heterocycles. The third-order valence-corrected chi connectivity index (χ3v) is 5.03. The zero-order valence-electron chi connectivity index (χ0n) is 15.9. The molecular weight excluding hydrogens is 368 g/mol. The van der Waals surface area contributed by atoms with Crippen molar-refractivity contribution >= 4 is 40.2 Å². The van der Waals surface area contributed by atoms with E-state index in [9.17, 15) is 14.4 Å². The maximum atomic E-state index is 13.0. The van der Waals surface area contributed by atoms with E-state index in [4.69, 9.17) is 4.74 Å². The number of rotatable bonds is 4. The highest BCUT2D eigenvalue weighted by Crippen LogP contribution is 2.32. The summed E-state index contributed by atoms with van der Waals surface area (Å²) in [6.07, 6.45) is 0.935. The lowest BCUT2D eigenvalue weighted by Gasteiger charge is -2.27. The van der Waals surface area contributed by atoms with Crippen molar-refractivity contribution in [3.8, 4) is 5.75 Å². The van der Waals surface area contributed by atoms with Crippen molar-refractivity contribution in [1.29, 1.82) is 0 Å². The van der Waals surface area contributed by atoms with Gasteiger partial charge in [-0.15, -0.1) is 0 Å². The van der Waals surface area contributed by atoms with E-state index in [2.05, 4.69) is 5.32 Å². The molecule has 29 heavy (non-hydrogen) atoms. The van der Waals surface area contributed by atoms with Crippen LogP contribution in [0.1, 0.15) is 23.7 Å². The number of nitrogens with zero attached hydrogens (tertiary/aromatic N) is 1. The lowest BCUT2D eigenvalue weighted by Crippen LogP contribution is -2.41. The molecule has 0 aliphatic carbocycles. The van der Waals surface area contributed by atoms with Gasteiger partial charge in [0.1, 0.15) is 5.75 Å². The number of aldehydes is 1. The van der Waals surface area contributed by atoms with Gasteiger partial charge in [-0.1, -0.05) is 42.5 Å². The minimum absolute atomic E-state index is 0.140. The Bertz CT molecular complexity index is 1110. The summed E-state index contributed by atoms with van der Waals surface area (Å²) in [6, 6.07) is 17.9. The van der Waals surface area contributed by atoms with Crippen LogP contribution in [0.15, 0.2) is 60.7 Å². The molecule has 0 fully saturated rings. The molecule has 2 amide bonds. The van der Waals surface area contributed by atoms with E-state index in [1.807, 2.05) is 43.3 Å². The van der Waals surface area contributed by atoms with Gasteiger partial charge in [-0.3, -0.25) is 14.4 Å². The van der Waals surface area contributed by atoms with E-state index in [0.29, 0.717) is 22.7 Å². The minimum atomic E-state index is -0.322. The lowest BCUT2D eigenvalue weighted by molar-refractivity contribution is -0.121. The number of amides is 2. The van der Waals surface area contributed by atoms with Crippen LogP contribution in [0.4, 0.5) is 11.4 Å². The molecule has 0 bridgehead atoms. The van der Waals surface area contributed by atoms with Crippen LogP contribution in [0.2, 0.25) is 0 Å². The van der Waals surface area contributed by atoms with Gasteiger partial charge in [-0.05, 0) is 35.9 Å². The van der Waals surface area contributed by atoms with Crippen LogP contribution >= 0.6 is 0 Å². The van der Waals surface area contributed by atoms with Gasteiger partial charge >= 0.3 is 0 Å². The first kappa shape index (κ1) is 18.7. The highest BCUT2D eigenvalue weighted by Gasteiger charge is 2.29. The second kappa shape index (κ2) is 7.75. The SMILES string of the molecule is C[C@H]1CC(=O)Nc2ccccc2N1C(=O)COc1ccc2ccccc2c1C=O. The molecule has 146 valence electrons. The molecule has 6 nitrogen and oxygen atoms in total. The molecule has 3 aromatic carbocycles. The molecule has 1 heterocycles. The number of anilines is 2. The molecule has 1 aliphatic rings. The maximum absolute atomic E-state index is 13.0. The quantitative estimate of drug-likeness (QED) is 0.690. The van der Waals surface area contributed by atoms with E-state index in [0.717, 1.165) is 17.1 Å². The minimum Gasteiger partial charge on any atom is -0.483 e. The zero-order valence-corrected chi connectivity index (χ0v) is 15.9. The summed E-state index contributed by atoms with van der Waals surface area (Å²) in [4.78, 5) is 38.4. The first-order valence-corrected chi connectivity index (χ1v) is 9.39. The number of nitrogens with one attached hydrogen (secondary N) is 1. The molecule has 0 radical (unpaired) electrons. The van der Waals surface area contributed by atoms with Crippen LogP contribution in [0.25, 0.3) is 10.8 Å². The monoisotopic (exact) mass is 388 g/mol. The fraction of sp³-hybridized carbons (Fsp3) is 0.174. The number of benzene rings is 3.